The summed E-state index contributed by atoms with van der Waals surface area (Å²) in [6.45, 7) is 5.80. The van der Waals surface area contributed by atoms with Crippen LogP contribution in [-0.4, -0.2) is 25.7 Å². The van der Waals surface area contributed by atoms with Crippen LogP contribution >= 0.6 is 0 Å². The van der Waals surface area contributed by atoms with Gasteiger partial charge in [-0.05, 0) is 36.4 Å². The quantitative estimate of drug-likeness (QED) is 0.625. The summed E-state index contributed by atoms with van der Waals surface area (Å²) < 4.78 is 38.4. The van der Waals surface area contributed by atoms with Gasteiger partial charge >= 0.3 is 0 Å². The molecule has 7 nitrogen and oxygen atoms in total. The molecule has 0 saturated carbocycles. The van der Waals surface area contributed by atoms with Crippen LogP contribution in [0.3, 0.4) is 0 Å². The van der Waals surface area contributed by atoms with E-state index >= 15 is 0 Å². The van der Waals surface area contributed by atoms with Gasteiger partial charge in [0.15, 0.2) is 5.82 Å². The van der Waals surface area contributed by atoms with Crippen LogP contribution in [0.15, 0.2) is 64.0 Å². The molecule has 0 atom stereocenters. The molecule has 2 aromatic carbocycles. The second-order valence-corrected chi connectivity index (χ2v) is 9.15. The van der Waals surface area contributed by atoms with E-state index in [4.69, 9.17) is 9.26 Å². The normalized spacial score (nSPS) is 12.0. The molecule has 8 heteroatoms. The van der Waals surface area contributed by atoms with Crippen molar-refractivity contribution >= 4 is 15.7 Å². The highest BCUT2D eigenvalue weighted by Gasteiger charge is 2.28. The maximum atomic E-state index is 13.3. The van der Waals surface area contributed by atoms with Crippen LogP contribution in [0.1, 0.15) is 32.5 Å². The summed E-state index contributed by atoms with van der Waals surface area (Å²) in [5, 5.41) is 3.97. The molecule has 148 valence electrons. The van der Waals surface area contributed by atoms with E-state index < -0.39 is 10.0 Å². The summed E-state index contributed by atoms with van der Waals surface area (Å²) in [4.78, 5) is 4.56. The molecule has 0 N–H and O–H groups in total. The van der Waals surface area contributed by atoms with Crippen LogP contribution in [-0.2, 0) is 22.0 Å². The SMILES string of the molecule is COc1ccc(N(Cc2noc(C(C)(C)C)n2)S(=O)(=O)c2ccccc2)cc1. The van der Waals surface area contributed by atoms with Crippen LogP contribution in [0.2, 0.25) is 0 Å². The number of benzene rings is 2. The lowest BCUT2D eigenvalue weighted by Crippen LogP contribution is -2.31. The zero-order valence-electron chi connectivity index (χ0n) is 16.3. The molecule has 28 heavy (non-hydrogen) atoms. The van der Waals surface area contributed by atoms with Gasteiger partial charge in [0, 0.05) is 5.41 Å². The number of rotatable bonds is 6. The monoisotopic (exact) mass is 401 g/mol. The molecule has 0 amide bonds. The fourth-order valence-corrected chi connectivity index (χ4v) is 3.97. The first-order valence-corrected chi connectivity index (χ1v) is 10.2. The molecule has 0 radical (unpaired) electrons. The summed E-state index contributed by atoms with van der Waals surface area (Å²) in [6.07, 6.45) is 0. The zero-order chi connectivity index (χ0) is 20.4. The average molecular weight is 401 g/mol. The third-order valence-electron chi connectivity index (χ3n) is 4.09. The van der Waals surface area contributed by atoms with E-state index in [1.165, 1.54) is 4.31 Å². The van der Waals surface area contributed by atoms with Crippen molar-refractivity contribution in [2.45, 2.75) is 37.6 Å². The maximum Gasteiger partial charge on any atom is 0.264 e. The van der Waals surface area contributed by atoms with Crippen LogP contribution in [0, 0.1) is 0 Å². The Morgan fingerprint density at radius 2 is 1.68 bits per heavy atom. The third kappa shape index (κ3) is 4.17. The molecule has 0 spiro atoms. The van der Waals surface area contributed by atoms with Crippen molar-refractivity contribution in [3.8, 4) is 5.75 Å². The summed E-state index contributed by atoms with van der Waals surface area (Å²) in [5.41, 5.74) is 0.154. The van der Waals surface area contributed by atoms with Crippen molar-refractivity contribution in [3.05, 3.63) is 66.3 Å². The highest BCUT2D eigenvalue weighted by molar-refractivity contribution is 7.92. The number of methoxy groups -OCH3 is 1. The van der Waals surface area contributed by atoms with Crippen LogP contribution in [0.4, 0.5) is 5.69 Å². The Hall–Kier alpha value is -2.87. The van der Waals surface area contributed by atoms with E-state index in [9.17, 15) is 8.42 Å². The Labute approximate surface area is 165 Å². The van der Waals surface area contributed by atoms with E-state index in [1.807, 2.05) is 20.8 Å². The number of ether oxygens (including phenoxy) is 1. The van der Waals surface area contributed by atoms with Crippen LogP contribution in [0.25, 0.3) is 0 Å². The highest BCUT2D eigenvalue weighted by atomic mass is 32.2. The average Bonchev–Trinajstić information content (AvgIpc) is 3.16. The molecule has 1 aromatic heterocycles. The van der Waals surface area contributed by atoms with Gasteiger partial charge in [-0.3, -0.25) is 4.31 Å². The topological polar surface area (TPSA) is 85.5 Å². The predicted molar refractivity (Wildman–Crippen MR) is 106 cm³/mol. The van der Waals surface area contributed by atoms with Gasteiger partial charge in [0.05, 0.1) is 24.2 Å². The van der Waals surface area contributed by atoms with Crippen LogP contribution < -0.4 is 9.04 Å². The second kappa shape index (κ2) is 7.63. The van der Waals surface area contributed by atoms with Gasteiger partial charge in [-0.15, -0.1) is 0 Å². The smallest absolute Gasteiger partial charge is 0.264 e. The van der Waals surface area contributed by atoms with Crippen LogP contribution in [0.5, 0.6) is 5.75 Å². The Balaban J connectivity index is 2.02. The minimum absolute atomic E-state index is 0.0524. The molecule has 0 aliphatic heterocycles. The molecule has 0 unspecified atom stereocenters. The molecular weight excluding hydrogens is 378 g/mol. The van der Waals surface area contributed by atoms with Crippen molar-refractivity contribution in [2.75, 3.05) is 11.4 Å². The first-order chi connectivity index (χ1) is 13.2. The summed E-state index contributed by atoms with van der Waals surface area (Å²) in [6, 6.07) is 15.0. The Morgan fingerprint density at radius 1 is 1.04 bits per heavy atom. The lowest BCUT2D eigenvalue weighted by molar-refractivity contribution is 0.318. The van der Waals surface area contributed by atoms with Gasteiger partial charge in [0.25, 0.3) is 10.0 Å². The second-order valence-electron chi connectivity index (χ2n) is 7.29. The summed E-state index contributed by atoms with van der Waals surface area (Å²) in [5.74, 6) is 1.38. The van der Waals surface area contributed by atoms with Gasteiger partial charge in [-0.2, -0.15) is 4.98 Å². The molecule has 0 aliphatic rings. The molecule has 0 aliphatic carbocycles. The fraction of sp³-hybridized carbons (Fsp3) is 0.300. The van der Waals surface area contributed by atoms with Crippen molar-refractivity contribution < 1.29 is 17.7 Å². The predicted octanol–water partition coefficient (Wildman–Crippen LogP) is 3.77. The van der Waals surface area contributed by atoms with Crippen molar-refractivity contribution in [1.29, 1.82) is 0 Å². The van der Waals surface area contributed by atoms with Crippen molar-refractivity contribution in [1.82, 2.24) is 10.1 Å². The van der Waals surface area contributed by atoms with Gasteiger partial charge in [-0.25, -0.2) is 8.42 Å². The number of hydrogen-bond donors (Lipinski definition) is 0. The Bertz CT molecular complexity index is 1020. The molecule has 3 aromatic rings. The minimum Gasteiger partial charge on any atom is -0.497 e. The number of sulfonamides is 1. The standard InChI is InChI=1S/C20H23N3O4S/c1-20(2,3)19-21-18(22-27-19)14-23(15-10-12-16(26-4)13-11-15)28(24,25)17-8-6-5-7-9-17/h5-13H,14H2,1-4H3. The molecule has 1 heterocycles. The molecule has 0 fully saturated rings. The Morgan fingerprint density at radius 3 is 2.21 bits per heavy atom. The maximum absolute atomic E-state index is 13.3. The van der Waals surface area contributed by atoms with E-state index in [-0.39, 0.29) is 16.9 Å². The number of aromatic nitrogens is 2. The lowest BCUT2D eigenvalue weighted by atomic mass is 9.97. The molecule has 0 saturated heterocycles. The van der Waals surface area contributed by atoms with E-state index in [0.717, 1.165) is 0 Å². The molecule has 3 rings (SSSR count). The fourth-order valence-electron chi connectivity index (χ4n) is 2.53. The number of nitrogens with zero attached hydrogens (tertiary/aromatic N) is 3. The largest absolute Gasteiger partial charge is 0.497 e. The van der Waals surface area contributed by atoms with Crippen molar-refractivity contribution in [3.63, 3.8) is 0 Å². The van der Waals surface area contributed by atoms with Crippen molar-refractivity contribution in [2.24, 2.45) is 0 Å². The first-order valence-electron chi connectivity index (χ1n) is 8.77. The van der Waals surface area contributed by atoms with Gasteiger partial charge in [-0.1, -0.05) is 44.1 Å². The third-order valence-corrected chi connectivity index (χ3v) is 5.87. The Kier molecular flexibility index (Phi) is 5.42. The van der Waals surface area contributed by atoms with Gasteiger partial charge in [0.2, 0.25) is 5.89 Å². The highest BCUT2D eigenvalue weighted by Crippen LogP contribution is 2.28. The first kappa shape index (κ1) is 19.9. The number of anilines is 1. The minimum atomic E-state index is -3.83. The summed E-state index contributed by atoms with van der Waals surface area (Å²) in [7, 11) is -2.27. The van der Waals surface area contributed by atoms with E-state index in [2.05, 4.69) is 10.1 Å². The van der Waals surface area contributed by atoms with E-state index in [1.54, 1.807) is 61.7 Å². The summed E-state index contributed by atoms with van der Waals surface area (Å²) >= 11 is 0. The molecule has 0 bridgehead atoms. The molecular formula is C20H23N3O4S. The lowest BCUT2D eigenvalue weighted by Gasteiger charge is -2.23. The van der Waals surface area contributed by atoms with E-state index in [0.29, 0.717) is 23.2 Å². The van der Waals surface area contributed by atoms with Gasteiger partial charge in [0.1, 0.15) is 5.75 Å². The van der Waals surface area contributed by atoms with Gasteiger partial charge < -0.3 is 9.26 Å². The zero-order valence-corrected chi connectivity index (χ0v) is 17.1. The number of hydrogen-bond acceptors (Lipinski definition) is 6.